The van der Waals surface area contributed by atoms with Crippen LogP contribution >= 0.6 is 0 Å². The Labute approximate surface area is 165 Å². The Morgan fingerprint density at radius 3 is 2.66 bits per heavy atom. The van der Waals surface area contributed by atoms with Crippen LogP contribution in [0.15, 0.2) is 55.1 Å². The molecule has 6 nitrogen and oxygen atoms in total. The van der Waals surface area contributed by atoms with Crippen molar-refractivity contribution in [2.24, 2.45) is 0 Å². The summed E-state index contributed by atoms with van der Waals surface area (Å²) in [4.78, 5) is 14.7. The summed E-state index contributed by atoms with van der Waals surface area (Å²) in [5, 5.41) is 8.41. The van der Waals surface area contributed by atoms with Gasteiger partial charge in [-0.1, -0.05) is 12.1 Å². The van der Waals surface area contributed by atoms with E-state index >= 15 is 0 Å². The molecule has 146 valence electrons. The highest BCUT2D eigenvalue weighted by molar-refractivity contribution is 5.95. The fraction of sp³-hybridized carbons (Fsp3) is 0.238. The van der Waals surface area contributed by atoms with Crippen molar-refractivity contribution in [3.8, 4) is 22.5 Å². The lowest BCUT2D eigenvalue weighted by Crippen LogP contribution is -2.39. The summed E-state index contributed by atoms with van der Waals surface area (Å²) in [6.45, 7) is 0.547. The molecule has 1 aromatic carbocycles. The molecule has 29 heavy (non-hydrogen) atoms. The Balaban J connectivity index is 1.51. The smallest absolute Gasteiger partial charge is 0.251 e. The molecule has 0 spiro atoms. The van der Waals surface area contributed by atoms with Crippen LogP contribution in [0.1, 0.15) is 12.8 Å². The lowest BCUT2D eigenvalue weighted by atomic mass is 10.0. The van der Waals surface area contributed by atoms with Gasteiger partial charge in [0.1, 0.15) is 17.8 Å². The van der Waals surface area contributed by atoms with Crippen LogP contribution in [0.4, 0.5) is 14.6 Å². The number of aromatic nitrogens is 5. The van der Waals surface area contributed by atoms with Gasteiger partial charge >= 0.3 is 0 Å². The van der Waals surface area contributed by atoms with Crippen molar-refractivity contribution in [2.75, 3.05) is 18.0 Å². The molecule has 5 rings (SSSR count). The van der Waals surface area contributed by atoms with E-state index in [2.05, 4.69) is 31.2 Å². The molecule has 8 heteroatoms. The first kappa shape index (κ1) is 17.7. The highest BCUT2D eigenvalue weighted by Gasteiger charge is 2.34. The van der Waals surface area contributed by atoms with Gasteiger partial charge < -0.3 is 4.90 Å². The van der Waals surface area contributed by atoms with E-state index in [1.165, 1.54) is 6.33 Å². The number of fused-ring (bicyclic) bond motifs is 1. The molecule has 0 saturated carbocycles. The first-order valence-corrected chi connectivity index (χ1v) is 9.43. The van der Waals surface area contributed by atoms with Crippen LogP contribution in [0.2, 0.25) is 0 Å². The van der Waals surface area contributed by atoms with Gasteiger partial charge in [-0.2, -0.15) is 5.10 Å². The van der Waals surface area contributed by atoms with Crippen LogP contribution in [-0.4, -0.2) is 44.2 Å². The lowest BCUT2D eigenvalue weighted by Gasteiger charge is -2.32. The number of nitrogens with one attached hydrogen (secondary N) is 1. The molecule has 0 radical (unpaired) electrons. The van der Waals surface area contributed by atoms with Gasteiger partial charge in [-0.25, -0.2) is 18.7 Å². The number of hydrogen-bond acceptors (Lipinski definition) is 5. The maximum absolute atomic E-state index is 13.5. The largest absolute Gasteiger partial charge is 0.356 e. The van der Waals surface area contributed by atoms with Gasteiger partial charge in [-0.15, -0.1) is 0 Å². The van der Waals surface area contributed by atoms with Crippen LogP contribution in [0.25, 0.3) is 33.4 Å². The Kier molecular flexibility index (Phi) is 4.19. The Hall–Kier alpha value is -3.42. The van der Waals surface area contributed by atoms with Gasteiger partial charge in [-0.3, -0.25) is 10.1 Å². The number of alkyl halides is 2. The average Bonchev–Trinajstić information content (AvgIpc) is 3.18. The second-order valence-electron chi connectivity index (χ2n) is 7.18. The maximum Gasteiger partial charge on any atom is 0.251 e. The molecule has 0 bridgehead atoms. The predicted octanol–water partition coefficient (Wildman–Crippen LogP) is 4.32. The minimum Gasteiger partial charge on any atom is -0.356 e. The van der Waals surface area contributed by atoms with E-state index < -0.39 is 5.92 Å². The van der Waals surface area contributed by atoms with E-state index in [9.17, 15) is 8.78 Å². The number of halogens is 2. The van der Waals surface area contributed by atoms with E-state index in [-0.39, 0.29) is 25.9 Å². The third-order valence-electron chi connectivity index (χ3n) is 5.27. The van der Waals surface area contributed by atoms with Crippen LogP contribution in [0.5, 0.6) is 0 Å². The zero-order chi connectivity index (χ0) is 19.8. The maximum atomic E-state index is 13.5. The molecular formula is C21H18F2N6. The molecule has 0 aliphatic carbocycles. The minimum absolute atomic E-state index is 0.161. The number of nitrogens with zero attached hydrogens (tertiary/aromatic N) is 5. The van der Waals surface area contributed by atoms with E-state index in [4.69, 9.17) is 0 Å². The molecular weight excluding hydrogens is 374 g/mol. The number of pyridine rings is 1. The Bertz CT molecular complexity index is 1150. The van der Waals surface area contributed by atoms with Crippen molar-refractivity contribution in [3.63, 3.8) is 0 Å². The zero-order valence-corrected chi connectivity index (χ0v) is 15.5. The molecule has 1 saturated heterocycles. The summed E-state index contributed by atoms with van der Waals surface area (Å²) in [5.74, 6) is -1.95. The first-order chi connectivity index (χ1) is 14.1. The summed E-state index contributed by atoms with van der Waals surface area (Å²) in [7, 11) is 0. The van der Waals surface area contributed by atoms with Gasteiger partial charge in [0, 0.05) is 55.3 Å². The fourth-order valence-corrected chi connectivity index (χ4v) is 3.63. The van der Waals surface area contributed by atoms with Gasteiger partial charge in [0.25, 0.3) is 5.92 Å². The summed E-state index contributed by atoms with van der Waals surface area (Å²) in [5.41, 5.74) is 4.30. The number of piperidine rings is 1. The normalized spacial score (nSPS) is 16.3. The minimum atomic E-state index is -2.59. The highest BCUT2D eigenvalue weighted by Crippen LogP contribution is 2.32. The molecule has 1 aliphatic heterocycles. The van der Waals surface area contributed by atoms with Crippen molar-refractivity contribution in [2.45, 2.75) is 18.8 Å². The average molecular weight is 392 g/mol. The van der Waals surface area contributed by atoms with Crippen LogP contribution in [0.3, 0.4) is 0 Å². The van der Waals surface area contributed by atoms with Gasteiger partial charge in [0.2, 0.25) is 0 Å². The number of aromatic amines is 1. The van der Waals surface area contributed by atoms with E-state index in [0.717, 1.165) is 22.0 Å². The Morgan fingerprint density at radius 1 is 1.00 bits per heavy atom. The van der Waals surface area contributed by atoms with Crippen molar-refractivity contribution in [3.05, 3.63) is 55.1 Å². The second-order valence-corrected chi connectivity index (χ2v) is 7.18. The third-order valence-corrected chi connectivity index (χ3v) is 5.27. The quantitative estimate of drug-likeness (QED) is 0.562. The molecule has 0 amide bonds. The van der Waals surface area contributed by atoms with Gasteiger partial charge in [0.05, 0.1) is 11.2 Å². The van der Waals surface area contributed by atoms with Crippen LogP contribution in [-0.2, 0) is 0 Å². The Morgan fingerprint density at radius 2 is 1.86 bits per heavy atom. The molecule has 4 aromatic rings. The molecule has 1 N–H and O–H groups in total. The molecule has 0 unspecified atom stereocenters. The summed E-state index contributed by atoms with van der Waals surface area (Å²) in [6.07, 6.45) is 4.70. The van der Waals surface area contributed by atoms with Crippen LogP contribution in [0, 0.1) is 0 Å². The van der Waals surface area contributed by atoms with Crippen molar-refractivity contribution < 1.29 is 8.78 Å². The molecule has 3 aromatic heterocycles. The lowest BCUT2D eigenvalue weighted by molar-refractivity contribution is -0.0221. The molecule has 1 aliphatic rings. The summed E-state index contributed by atoms with van der Waals surface area (Å²) < 4.78 is 26.9. The third kappa shape index (κ3) is 3.41. The first-order valence-electron chi connectivity index (χ1n) is 9.43. The monoisotopic (exact) mass is 392 g/mol. The van der Waals surface area contributed by atoms with Crippen molar-refractivity contribution in [1.29, 1.82) is 0 Å². The standard InChI is InChI=1S/C21H18F2N6/c22-21(23)5-8-29(9-6-21)19-11-18(25-13-26-19)20-16-10-14(3-4-17(16)27-28-20)15-2-1-7-24-12-15/h1-4,7,10-13H,5-6,8-9H2,(H,27,28). The van der Waals surface area contributed by atoms with E-state index in [0.29, 0.717) is 17.2 Å². The number of H-pyrrole nitrogens is 1. The summed E-state index contributed by atoms with van der Waals surface area (Å²) >= 11 is 0. The van der Waals surface area contributed by atoms with E-state index in [1.54, 1.807) is 6.20 Å². The SMILES string of the molecule is FC1(F)CCN(c2cc(-c3n[nH]c4ccc(-c5cccnc5)cc34)ncn2)CC1. The zero-order valence-electron chi connectivity index (χ0n) is 15.5. The number of benzene rings is 1. The van der Waals surface area contributed by atoms with Crippen molar-refractivity contribution in [1.82, 2.24) is 25.1 Å². The molecule has 1 fully saturated rings. The summed E-state index contributed by atoms with van der Waals surface area (Å²) in [6, 6.07) is 11.8. The number of hydrogen-bond donors (Lipinski definition) is 1. The van der Waals surface area contributed by atoms with Gasteiger partial charge in [-0.05, 0) is 23.8 Å². The topological polar surface area (TPSA) is 70.6 Å². The molecule has 0 atom stereocenters. The van der Waals surface area contributed by atoms with Gasteiger partial charge in [0.15, 0.2) is 0 Å². The van der Waals surface area contributed by atoms with Crippen LogP contribution < -0.4 is 4.90 Å². The highest BCUT2D eigenvalue weighted by atomic mass is 19.3. The van der Waals surface area contributed by atoms with Crippen molar-refractivity contribution >= 4 is 16.7 Å². The number of rotatable bonds is 3. The number of anilines is 1. The molecule has 4 heterocycles. The second kappa shape index (κ2) is 6.88. The van der Waals surface area contributed by atoms with E-state index in [1.807, 2.05) is 41.4 Å². The predicted molar refractivity (Wildman–Crippen MR) is 107 cm³/mol. The fourth-order valence-electron chi connectivity index (χ4n) is 3.63.